The Bertz CT molecular complexity index is 741. The molecule has 6 nitrogen and oxygen atoms in total. The van der Waals surface area contributed by atoms with Gasteiger partial charge in [-0.3, -0.25) is 14.7 Å². The van der Waals surface area contributed by atoms with E-state index in [2.05, 4.69) is 50.2 Å². The Morgan fingerprint density at radius 3 is 2.52 bits per heavy atom. The van der Waals surface area contributed by atoms with Gasteiger partial charge in [0.15, 0.2) is 11.8 Å². The zero-order chi connectivity index (χ0) is 18.6. The van der Waals surface area contributed by atoms with Crippen molar-refractivity contribution in [3.8, 4) is 5.75 Å². The number of carboxylic acids is 1. The number of carboxylic acid groups (broad SMARTS) is 1. The highest BCUT2D eigenvalue weighted by atomic mass is 127. The Morgan fingerprint density at radius 2 is 2.00 bits per heavy atom. The Morgan fingerprint density at radius 1 is 1.36 bits per heavy atom. The van der Waals surface area contributed by atoms with Crippen LogP contribution >= 0.6 is 56.9 Å². The average Bonchev–Trinajstić information content (AvgIpc) is 2.81. The van der Waals surface area contributed by atoms with Gasteiger partial charge in [-0.15, -0.1) is 0 Å². The van der Waals surface area contributed by atoms with E-state index in [4.69, 9.17) is 9.84 Å². The smallest absolute Gasteiger partial charge is 0.341 e. The van der Waals surface area contributed by atoms with Crippen molar-refractivity contribution in [1.82, 2.24) is 4.90 Å². The van der Waals surface area contributed by atoms with Crippen LogP contribution in [0.2, 0.25) is 0 Å². The summed E-state index contributed by atoms with van der Waals surface area (Å²) in [5.74, 6) is -0.524. The molecule has 1 fully saturated rings. The molecule has 1 aromatic carbocycles. The Balaban J connectivity index is 2.31. The second-order valence-electron chi connectivity index (χ2n) is 4.91. The molecule has 25 heavy (non-hydrogen) atoms. The Hall–Kier alpha value is -0.820. The summed E-state index contributed by atoms with van der Waals surface area (Å²) in [7, 11) is 0. The summed E-state index contributed by atoms with van der Waals surface area (Å²) in [5.41, 5.74) is 0.862. The highest BCUT2D eigenvalue weighted by molar-refractivity contribution is 14.1. The number of carbonyl (C=O) groups is 2. The lowest BCUT2D eigenvalue weighted by atomic mass is 10.2. The van der Waals surface area contributed by atoms with Gasteiger partial charge >= 0.3 is 5.97 Å². The minimum absolute atomic E-state index is 0.0454. The van der Waals surface area contributed by atoms with Crippen LogP contribution in [0.25, 0.3) is 6.08 Å². The van der Waals surface area contributed by atoms with Gasteiger partial charge in [-0.2, -0.15) is 0 Å². The molecule has 1 amide bonds. The molecule has 0 unspecified atom stereocenters. The van der Waals surface area contributed by atoms with E-state index in [0.29, 0.717) is 23.7 Å². The molecule has 0 aromatic heterocycles. The normalized spacial score (nSPS) is 17.6. The maximum absolute atomic E-state index is 12.5. The fraction of sp³-hybridized carbons (Fsp3) is 0.312. The van der Waals surface area contributed by atoms with Crippen molar-refractivity contribution in [2.24, 2.45) is 4.99 Å². The van der Waals surface area contributed by atoms with Crippen LogP contribution in [0, 0.1) is 7.14 Å². The fourth-order valence-corrected chi connectivity index (χ4v) is 5.36. The van der Waals surface area contributed by atoms with Crippen LogP contribution in [0.3, 0.4) is 0 Å². The fourth-order valence-electron chi connectivity index (χ4n) is 2.13. The lowest BCUT2D eigenvalue weighted by molar-refractivity contribution is -0.139. The number of nitrogens with zero attached hydrogens (tertiary/aromatic N) is 2. The lowest BCUT2D eigenvalue weighted by Gasteiger charge is -2.11. The van der Waals surface area contributed by atoms with Crippen molar-refractivity contribution < 1.29 is 19.4 Å². The first-order chi connectivity index (χ1) is 11.9. The second-order valence-corrected chi connectivity index (χ2v) is 8.25. The number of amidine groups is 1. The number of aliphatic imine (C=N–C) groups is 1. The van der Waals surface area contributed by atoms with Crippen molar-refractivity contribution in [2.75, 3.05) is 19.7 Å². The van der Waals surface area contributed by atoms with Crippen molar-refractivity contribution >= 4 is 80.1 Å². The number of hydrogen-bond donors (Lipinski definition) is 1. The minimum atomic E-state index is -1.02. The van der Waals surface area contributed by atoms with Gasteiger partial charge in [0.2, 0.25) is 0 Å². The molecule has 1 heterocycles. The molecule has 134 valence electrons. The molecule has 0 bridgehead atoms. The van der Waals surface area contributed by atoms with Crippen LogP contribution in [0.4, 0.5) is 0 Å². The highest BCUT2D eigenvalue weighted by Gasteiger charge is 2.31. The maximum Gasteiger partial charge on any atom is 0.341 e. The monoisotopic (exact) mass is 586 g/mol. The summed E-state index contributed by atoms with van der Waals surface area (Å²) >= 11 is 5.58. The van der Waals surface area contributed by atoms with E-state index in [9.17, 15) is 9.59 Å². The topological polar surface area (TPSA) is 79.2 Å². The van der Waals surface area contributed by atoms with Crippen molar-refractivity contribution in [3.05, 3.63) is 29.7 Å². The summed E-state index contributed by atoms with van der Waals surface area (Å²) in [6.45, 7) is 4.69. The van der Waals surface area contributed by atoms with Gasteiger partial charge in [0.05, 0.1) is 12.0 Å². The van der Waals surface area contributed by atoms with Gasteiger partial charge in [0, 0.05) is 13.1 Å². The third-order valence-electron chi connectivity index (χ3n) is 3.16. The summed E-state index contributed by atoms with van der Waals surface area (Å²) in [6.07, 6.45) is 1.83. The van der Waals surface area contributed by atoms with Gasteiger partial charge in [-0.05, 0) is 94.6 Å². The largest absolute Gasteiger partial charge is 0.480 e. The number of thioether (sulfide) groups is 1. The molecular weight excluding hydrogens is 570 g/mol. The lowest BCUT2D eigenvalue weighted by Crippen LogP contribution is -2.28. The predicted octanol–water partition coefficient (Wildman–Crippen LogP) is 3.67. The van der Waals surface area contributed by atoms with Crippen LogP contribution < -0.4 is 4.74 Å². The zero-order valence-electron chi connectivity index (χ0n) is 13.6. The molecule has 1 aliphatic heterocycles. The van der Waals surface area contributed by atoms with Gasteiger partial charge in [0.1, 0.15) is 5.75 Å². The van der Waals surface area contributed by atoms with Crippen LogP contribution in [0.5, 0.6) is 5.75 Å². The summed E-state index contributed by atoms with van der Waals surface area (Å²) in [5, 5.41) is 9.48. The number of likely N-dealkylation sites (N-methyl/N-ethyl adjacent to an activating group) is 1. The van der Waals surface area contributed by atoms with Gasteiger partial charge in [-0.1, -0.05) is 0 Å². The Kier molecular flexibility index (Phi) is 7.55. The van der Waals surface area contributed by atoms with Crippen LogP contribution in [-0.2, 0) is 9.59 Å². The third kappa shape index (κ3) is 5.09. The molecule has 0 radical (unpaired) electrons. The molecule has 1 saturated heterocycles. The molecule has 1 N–H and O–H groups in total. The first-order valence-corrected chi connectivity index (χ1v) is 10.4. The van der Waals surface area contributed by atoms with E-state index in [1.807, 2.05) is 32.1 Å². The zero-order valence-corrected chi connectivity index (χ0v) is 18.7. The molecule has 9 heteroatoms. The molecule has 1 aliphatic rings. The van der Waals surface area contributed by atoms with E-state index < -0.39 is 5.97 Å². The number of halogens is 2. The first-order valence-electron chi connectivity index (χ1n) is 7.46. The van der Waals surface area contributed by atoms with E-state index >= 15 is 0 Å². The molecular formula is C16H16I2N2O4S. The standard InChI is InChI=1S/C16H16I2N2O4S/c1-3-19-16-20(4-2)15(23)12(25-16)7-9-5-10(17)14(11(18)6-9)24-8-13(21)22/h5-7H,3-4,8H2,1-2H3,(H,21,22)/b12-7-,19-16?. The van der Waals surface area contributed by atoms with Gasteiger partial charge < -0.3 is 9.84 Å². The molecule has 0 aliphatic carbocycles. The summed E-state index contributed by atoms with van der Waals surface area (Å²) in [4.78, 5) is 29.8. The van der Waals surface area contributed by atoms with Gasteiger partial charge in [0.25, 0.3) is 5.91 Å². The van der Waals surface area contributed by atoms with Crippen molar-refractivity contribution in [2.45, 2.75) is 13.8 Å². The average molecular weight is 586 g/mol. The molecule has 0 saturated carbocycles. The quantitative estimate of drug-likeness (QED) is 0.407. The number of hydrogen-bond acceptors (Lipinski definition) is 5. The molecule has 1 aromatic rings. The number of rotatable bonds is 6. The first kappa shape index (κ1) is 20.5. The Labute approximate surface area is 177 Å². The highest BCUT2D eigenvalue weighted by Crippen LogP contribution is 2.34. The van der Waals surface area contributed by atoms with E-state index in [1.165, 1.54) is 11.8 Å². The molecule has 2 rings (SSSR count). The number of aliphatic carboxylic acids is 1. The van der Waals surface area contributed by atoms with E-state index in [-0.39, 0.29) is 12.5 Å². The SMILES string of the molecule is CCN=C1S/C(=C\c2cc(I)c(OCC(=O)O)c(I)c2)C(=O)N1CC. The number of amides is 1. The predicted molar refractivity (Wildman–Crippen MR) is 116 cm³/mol. The summed E-state index contributed by atoms with van der Waals surface area (Å²) in [6, 6.07) is 3.73. The van der Waals surface area contributed by atoms with Crippen LogP contribution in [-0.4, -0.2) is 46.7 Å². The number of ether oxygens (including phenoxy) is 1. The number of carbonyl (C=O) groups excluding carboxylic acids is 1. The minimum Gasteiger partial charge on any atom is -0.480 e. The van der Waals surface area contributed by atoms with Crippen molar-refractivity contribution in [3.63, 3.8) is 0 Å². The number of benzene rings is 1. The van der Waals surface area contributed by atoms with Gasteiger partial charge in [-0.25, -0.2) is 4.79 Å². The van der Waals surface area contributed by atoms with Crippen LogP contribution in [0.15, 0.2) is 22.0 Å². The van der Waals surface area contributed by atoms with Crippen molar-refractivity contribution in [1.29, 1.82) is 0 Å². The van der Waals surface area contributed by atoms with E-state index in [0.717, 1.165) is 17.9 Å². The molecule has 0 atom stereocenters. The summed E-state index contributed by atoms with van der Waals surface area (Å²) < 4.78 is 6.91. The van der Waals surface area contributed by atoms with E-state index in [1.54, 1.807) is 4.90 Å². The maximum atomic E-state index is 12.5. The second kappa shape index (κ2) is 9.21. The van der Waals surface area contributed by atoms with Crippen LogP contribution in [0.1, 0.15) is 19.4 Å². The molecule has 0 spiro atoms. The third-order valence-corrected chi connectivity index (χ3v) is 5.80.